The molecule has 0 radical (unpaired) electrons. The average molecular weight is 666 g/mol. The summed E-state index contributed by atoms with van der Waals surface area (Å²) in [4.78, 5) is 44.1. The molecule has 0 amide bonds. The number of methoxy groups -OCH3 is 1. The summed E-state index contributed by atoms with van der Waals surface area (Å²) in [6.45, 7) is 3.45. The molecule has 0 saturated carbocycles. The molecule has 0 unspecified atom stereocenters. The lowest BCUT2D eigenvalue weighted by Gasteiger charge is -2.28. The number of ether oxygens (including phenoxy) is 3. The van der Waals surface area contributed by atoms with Crippen LogP contribution in [0.15, 0.2) is 80.1 Å². The fourth-order valence-corrected chi connectivity index (χ4v) is 6.68. The van der Waals surface area contributed by atoms with E-state index in [1.165, 1.54) is 11.3 Å². The maximum absolute atomic E-state index is 14.2. The number of esters is 1. The van der Waals surface area contributed by atoms with E-state index in [0.29, 0.717) is 54.1 Å². The van der Waals surface area contributed by atoms with Crippen molar-refractivity contribution in [1.29, 1.82) is 0 Å². The van der Waals surface area contributed by atoms with E-state index >= 15 is 0 Å². The molecular formula is C32H29BrN2O7S. The second kappa shape index (κ2) is 13.0. The lowest BCUT2D eigenvalue weighted by Crippen LogP contribution is -2.40. The second-order valence-corrected chi connectivity index (χ2v) is 11.6. The van der Waals surface area contributed by atoms with Gasteiger partial charge in [0.2, 0.25) is 0 Å². The molecule has 1 aliphatic rings. The third-order valence-corrected chi connectivity index (χ3v) is 8.52. The lowest BCUT2D eigenvalue weighted by atomic mass is 9.90. The fraction of sp³-hybridized carbons (Fsp3) is 0.250. The molecule has 0 bridgehead atoms. The van der Waals surface area contributed by atoms with Crippen LogP contribution >= 0.6 is 27.3 Å². The lowest BCUT2D eigenvalue weighted by molar-refractivity contribution is -0.140. The zero-order valence-electron chi connectivity index (χ0n) is 23.8. The van der Waals surface area contributed by atoms with Crippen LogP contribution in [0.5, 0.6) is 11.5 Å². The quantitative estimate of drug-likeness (QED) is 0.238. The number of hydrogen-bond acceptors (Lipinski definition) is 8. The van der Waals surface area contributed by atoms with Gasteiger partial charge in [0.15, 0.2) is 11.4 Å². The van der Waals surface area contributed by atoms with E-state index < -0.39 is 24.6 Å². The predicted molar refractivity (Wildman–Crippen MR) is 167 cm³/mol. The molecule has 43 heavy (non-hydrogen) atoms. The van der Waals surface area contributed by atoms with Crippen LogP contribution in [-0.4, -0.2) is 41.9 Å². The van der Waals surface area contributed by atoms with Crippen molar-refractivity contribution in [2.75, 3.05) is 20.3 Å². The first-order chi connectivity index (χ1) is 20.8. The Labute approximate surface area is 259 Å². The van der Waals surface area contributed by atoms with Gasteiger partial charge in [-0.2, -0.15) is 0 Å². The van der Waals surface area contributed by atoms with E-state index in [4.69, 9.17) is 24.3 Å². The Morgan fingerprint density at radius 2 is 1.88 bits per heavy atom. The van der Waals surface area contributed by atoms with Crippen molar-refractivity contribution in [3.05, 3.63) is 101 Å². The Kier molecular flexibility index (Phi) is 9.12. The minimum Gasteiger partial charge on any atom is -0.496 e. The van der Waals surface area contributed by atoms with Gasteiger partial charge in [-0.3, -0.25) is 9.36 Å². The number of fused-ring (bicyclic) bond motifs is 2. The molecule has 9 nitrogen and oxygen atoms in total. The van der Waals surface area contributed by atoms with E-state index in [0.717, 1.165) is 17.2 Å². The molecule has 1 aromatic heterocycles. The first-order valence-corrected chi connectivity index (χ1v) is 15.3. The minimum atomic E-state index is -1.08. The normalized spacial score (nSPS) is 14.8. The van der Waals surface area contributed by atoms with E-state index in [9.17, 15) is 14.4 Å². The number of allylic oxidation sites excluding steroid dienone is 1. The van der Waals surface area contributed by atoms with Crippen molar-refractivity contribution in [2.45, 2.75) is 32.7 Å². The number of carbonyl (C=O) groups is 2. The molecule has 5 rings (SSSR count). The van der Waals surface area contributed by atoms with Crippen molar-refractivity contribution in [3.63, 3.8) is 0 Å². The summed E-state index contributed by atoms with van der Waals surface area (Å²) in [6.07, 6.45) is 2.99. The van der Waals surface area contributed by atoms with Crippen LogP contribution < -0.4 is 24.4 Å². The molecule has 1 atom stereocenters. The van der Waals surface area contributed by atoms with Crippen LogP contribution in [0, 0.1) is 0 Å². The topological polar surface area (TPSA) is 116 Å². The minimum absolute atomic E-state index is 0.173. The maximum atomic E-state index is 14.2. The highest BCUT2D eigenvalue weighted by Gasteiger charge is 2.37. The second-order valence-electron chi connectivity index (χ2n) is 9.69. The summed E-state index contributed by atoms with van der Waals surface area (Å²) in [5, 5.41) is 10.7. The van der Waals surface area contributed by atoms with Crippen molar-refractivity contribution in [2.24, 2.45) is 4.99 Å². The van der Waals surface area contributed by atoms with Gasteiger partial charge in [0.1, 0.15) is 17.5 Å². The Bertz CT molecular complexity index is 1940. The Morgan fingerprint density at radius 3 is 2.58 bits per heavy atom. The number of thiazole rings is 1. The van der Waals surface area contributed by atoms with Crippen LogP contribution in [0.3, 0.4) is 0 Å². The molecule has 222 valence electrons. The van der Waals surface area contributed by atoms with Crippen LogP contribution in [0.1, 0.15) is 43.9 Å². The van der Waals surface area contributed by atoms with Gasteiger partial charge in [-0.15, -0.1) is 0 Å². The first kappa shape index (κ1) is 30.2. The van der Waals surface area contributed by atoms with Crippen LogP contribution in [0.25, 0.3) is 16.8 Å². The summed E-state index contributed by atoms with van der Waals surface area (Å²) >= 11 is 4.65. The molecule has 1 N–H and O–H groups in total. The van der Waals surface area contributed by atoms with Gasteiger partial charge >= 0.3 is 11.9 Å². The summed E-state index contributed by atoms with van der Waals surface area (Å²) in [6, 6.07) is 15.9. The Balaban J connectivity index is 1.77. The van der Waals surface area contributed by atoms with E-state index in [2.05, 4.69) is 15.9 Å². The van der Waals surface area contributed by atoms with Crippen molar-refractivity contribution >= 4 is 56.1 Å². The maximum Gasteiger partial charge on any atom is 0.341 e. The molecule has 1 aliphatic heterocycles. The third kappa shape index (κ3) is 6.00. The molecule has 0 fully saturated rings. The van der Waals surface area contributed by atoms with Gasteiger partial charge in [-0.05, 0) is 69.9 Å². The predicted octanol–water partition coefficient (Wildman–Crippen LogP) is 4.97. The van der Waals surface area contributed by atoms with Crippen LogP contribution in [0.2, 0.25) is 0 Å². The highest BCUT2D eigenvalue weighted by atomic mass is 79.9. The number of hydrogen-bond donors (Lipinski definition) is 1. The molecular weight excluding hydrogens is 636 g/mol. The van der Waals surface area contributed by atoms with Gasteiger partial charge in [-0.1, -0.05) is 61.1 Å². The molecule has 2 heterocycles. The molecule has 0 aliphatic carbocycles. The van der Waals surface area contributed by atoms with Gasteiger partial charge in [0.05, 0.1) is 34.0 Å². The molecule has 0 saturated heterocycles. The summed E-state index contributed by atoms with van der Waals surface area (Å²) < 4.78 is 19.2. The number of carbonyl (C=O) groups excluding carboxylic acids is 1. The highest BCUT2D eigenvalue weighted by molar-refractivity contribution is 9.10. The number of aromatic nitrogens is 1. The van der Waals surface area contributed by atoms with Crippen molar-refractivity contribution < 1.29 is 28.9 Å². The van der Waals surface area contributed by atoms with Crippen molar-refractivity contribution in [1.82, 2.24) is 4.57 Å². The molecule has 4 aromatic rings. The summed E-state index contributed by atoms with van der Waals surface area (Å²) in [5.74, 6) is -0.699. The molecule has 3 aromatic carbocycles. The number of carboxylic acid groups (broad SMARTS) is 1. The van der Waals surface area contributed by atoms with Crippen molar-refractivity contribution in [3.8, 4) is 11.5 Å². The largest absolute Gasteiger partial charge is 0.496 e. The monoisotopic (exact) mass is 664 g/mol. The molecule has 0 spiro atoms. The van der Waals surface area contributed by atoms with Gasteiger partial charge < -0.3 is 19.3 Å². The Morgan fingerprint density at radius 1 is 1.12 bits per heavy atom. The average Bonchev–Trinajstić information content (AvgIpc) is 3.29. The number of aliphatic carboxylic acids is 1. The smallest absolute Gasteiger partial charge is 0.341 e. The van der Waals surface area contributed by atoms with Gasteiger partial charge in [0, 0.05) is 5.56 Å². The highest BCUT2D eigenvalue weighted by Crippen LogP contribution is 2.41. The first-order valence-electron chi connectivity index (χ1n) is 13.7. The van der Waals surface area contributed by atoms with Crippen LogP contribution in [0.4, 0.5) is 0 Å². The zero-order valence-corrected chi connectivity index (χ0v) is 26.2. The number of benzene rings is 3. The van der Waals surface area contributed by atoms with E-state index in [1.54, 1.807) is 42.9 Å². The fourth-order valence-electron chi connectivity index (χ4n) is 5.14. The molecule has 11 heteroatoms. The van der Waals surface area contributed by atoms with Crippen LogP contribution in [-0.2, 0) is 14.3 Å². The summed E-state index contributed by atoms with van der Waals surface area (Å²) in [7, 11) is 1.57. The summed E-state index contributed by atoms with van der Waals surface area (Å²) in [5.41, 5.74) is 1.96. The standard InChI is InChI=1S/C32H29BrN2O7S/c1-4-8-22-28(31(39)41-5-2)29(27-20-10-7-6-9-19(20)12-14-24(27)40-3)35-30(38)25(43-32(35)34-22)16-18-11-13-23(21(33)15-18)42-17-26(36)37/h6-7,9-16,29H,4-5,8,17H2,1-3H3,(H,36,37)/b25-16+/t29-/m1/s1. The number of nitrogens with zero attached hydrogens (tertiary/aromatic N) is 2. The Hall–Kier alpha value is -4.22. The number of carboxylic acids is 1. The third-order valence-electron chi connectivity index (χ3n) is 6.92. The zero-order chi connectivity index (χ0) is 30.7. The van der Waals surface area contributed by atoms with Gasteiger partial charge in [0.25, 0.3) is 5.56 Å². The van der Waals surface area contributed by atoms with Gasteiger partial charge in [-0.25, -0.2) is 14.6 Å². The number of halogens is 1. The number of rotatable bonds is 10. The SMILES string of the molecule is CCCC1=C(C(=O)OCC)[C@@H](c2c(OC)ccc3ccccc23)n2c(s/c(=C/c3ccc(OCC(=O)O)c(Br)c3)c2=O)=N1. The van der Waals surface area contributed by atoms with E-state index in [-0.39, 0.29) is 12.2 Å². The van der Waals surface area contributed by atoms with E-state index in [1.807, 2.05) is 43.3 Å².